The Morgan fingerprint density at radius 2 is 2.25 bits per heavy atom. The Bertz CT molecular complexity index is 722. The highest BCUT2D eigenvalue weighted by Crippen LogP contribution is 2.25. The number of aliphatic carboxylic acids is 1. The maximum absolute atomic E-state index is 11.2. The van der Waals surface area contributed by atoms with Crippen LogP contribution in [-0.2, 0) is 4.79 Å². The van der Waals surface area contributed by atoms with Crippen LogP contribution in [0.25, 0.3) is 0 Å². The van der Waals surface area contributed by atoms with Crippen LogP contribution in [0.4, 0.5) is 17.3 Å². The highest BCUT2D eigenvalue weighted by molar-refractivity contribution is 5.71. The van der Waals surface area contributed by atoms with Crippen LogP contribution in [0.15, 0.2) is 36.7 Å². The summed E-state index contributed by atoms with van der Waals surface area (Å²) in [5.41, 5.74) is 0.862. The fraction of sp³-hybridized carbons (Fsp3) is 0.353. The van der Waals surface area contributed by atoms with Crippen molar-refractivity contribution >= 4 is 23.3 Å². The van der Waals surface area contributed by atoms with Gasteiger partial charge in [0.2, 0.25) is 0 Å². The van der Waals surface area contributed by atoms with Crippen LogP contribution in [-0.4, -0.2) is 41.2 Å². The molecule has 3 rings (SSSR count). The number of carboxylic acids is 1. The minimum Gasteiger partial charge on any atom is -0.497 e. The van der Waals surface area contributed by atoms with E-state index in [0.717, 1.165) is 30.2 Å². The zero-order chi connectivity index (χ0) is 16.9. The second-order valence-corrected chi connectivity index (χ2v) is 5.74. The van der Waals surface area contributed by atoms with E-state index in [9.17, 15) is 9.90 Å². The van der Waals surface area contributed by atoms with E-state index in [0.29, 0.717) is 18.8 Å². The molecule has 1 aromatic carbocycles. The summed E-state index contributed by atoms with van der Waals surface area (Å²) in [4.78, 5) is 21.7. The third-order valence-corrected chi connectivity index (χ3v) is 4.09. The molecule has 1 fully saturated rings. The molecule has 7 nitrogen and oxygen atoms in total. The predicted molar refractivity (Wildman–Crippen MR) is 90.9 cm³/mol. The third kappa shape index (κ3) is 3.73. The molecule has 1 saturated heterocycles. The normalized spacial score (nSPS) is 17.4. The number of carboxylic acid groups (broad SMARTS) is 1. The Morgan fingerprint density at radius 1 is 1.38 bits per heavy atom. The maximum atomic E-state index is 11.2. The average Bonchev–Trinajstić information content (AvgIpc) is 2.62. The molecule has 24 heavy (non-hydrogen) atoms. The number of benzene rings is 1. The first-order valence-corrected chi connectivity index (χ1v) is 7.86. The minimum atomic E-state index is -0.747. The van der Waals surface area contributed by atoms with E-state index in [1.54, 1.807) is 7.11 Å². The van der Waals surface area contributed by atoms with E-state index in [4.69, 9.17) is 4.74 Å². The van der Waals surface area contributed by atoms with Crippen LogP contribution in [0.1, 0.15) is 12.8 Å². The van der Waals surface area contributed by atoms with E-state index in [1.807, 2.05) is 35.2 Å². The van der Waals surface area contributed by atoms with Crippen molar-refractivity contribution in [2.45, 2.75) is 12.8 Å². The van der Waals surface area contributed by atoms with E-state index in [-0.39, 0.29) is 5.92 Å². The number of carbonyl (C=O) groups is 1. The zero-order valence-electron chi connectivity index (χ0n) is 13.5. The van der Waals surface area contributed by atoms with Crippen molar-refractivity contribution in [1.29, 1.82) is 0 Å². The van der Waals surface area contributed by atoms with E-state index in [1.165, 1.54) is 6.33 Å². The van der Waals surface area contributed by atoms with E-state index >= 15 is 0 Å². The molecular weight excluding hydrogens is 308 g/mol. The molecule has 1 aliphatic heterocycles. The lowest BCUT2D eigenvalue weighted by atomic mass is 9.98. The van der Waals surface area contributed by atoms with Gasteiger partial charge in [0.25, 0.3) is 0 Å². The van der Waals surface area contributed by atoms with Crippen molar-refractivity contribution in [2.75, 3.05) is 30.4 Å². The van der Waals surface area contributed by atoms with Crippen molar-refractivity contribution in [3.63, 3.8) is 0 Å². The number of anilines is 3. The van der Waals surface area contributed by atoms with Crippen LogP contribution < -0.4 is 15.0 Å². The summed E-state index contributed by atoms with van der Waals surface area (Å²) in [6.45, 7) is 1.28. The molecular formula is C17H20N4O3. The van der Waals surface area contributed by atoms with Crippen molar-refractivity contribution in [1.82, 2.24) is 9.97 Å². The summed E-state index contributed by atoms with van der Waals surface area (Å²) >= 11 is 0. The summed E-state index contributed by atoms with van der Waals surface area (Å²) in [6, 6.07) is 9.40. The lowest BCUT2D eigenvalue weighted by Crippen LogP contribution is -2.39. The fourth-order valence-electron chi connectivity index (χ4n) is 2.82. The molecule has 2 heterocycles. The van der Waals surface area contributed by atoms with Gasteiger partial charge in [-0.25, -0.2) is 9.97 Å². The Labute approximate surface area is 140 Å². The van der Waals surface area contributed by atoms with Gasteiger partial charge in [-0.05, 0) is 25.0 Å². The van der Waals surface area contributed by atoms with E-state index < -0.39 is 5.97 Å². The molecule has 1 atom stereocenters. The first-order valence-electron chi connectivity index (χ1n) is 7.86. The summed E-state index contributed by atoms with van der Waals surface area (Å²) < 4.78 is 5.21. The molecule has 7 heteroatoms. The topological polar surface area (TPSA) is 87.6 Å². The standard InChI is InChI=1S/C17H20N4O3/c1-24-14-6-2-5-13(8-14)20-15-9-16(19-11-18-15)21-7-3-4-12(10-21)17(22)23/h2,5-6,8-9,11-12H,3-4,7,10H2,1H3,(H,22,23)(H,18,19,20)/t12-/m0/s1. The fourth-order valence-corrected chi connectivity index (χ4v) is 2.82. The number of aromatic nitrogens is 2. The number of ether oxygens (including phenoxy) is 1. The van der Waals surface area contributed by atoms with Crippen molar-refractivity contribution in [2.24, 2.45) is 5.92 Å². The molecule has 0 unspecified atom stereocenters. The Kier molecular flexibility index (Phi) is 4.79. The molecule has 1 aromatic heterocycles. The number of nitrogens with one attached hydrogen (secondary N) is 1. The summed E-state index contributed by atoms with van der Waals surface area (Å²) in [5, 5.41) is 12.4. The lowest BCUT2D eigenvalue weighted by Gasteiger charge is -2.31. The highest BCUT2D eigenvalue weighted by Gasteiger charge is 2.26. The number of nitrogens with zero attached hydrogens (tertiary/aromatic N) is 3. The second kappa shape index (κ2) is 7.16. The zero-order valence-corrected chi connectivity index (χ0v) is 13.5. The number of hydrogen-bond donors (Lipinski definition) is 2. The minimum absolute atomic E-state index is 0.344. The van der Waals surface area contributed by atoms with E-state index in [2.05, 4.69) is 15.3 Å². The smallest absolute Gasteiger partial charge is 0.308 e. The molecule has 126 valence electrons. The van der Waals surface area contributed by atoms with Crippen LogP contribution in [0.2, 0.25) is 0 Å². The molecule has 2 aromatic rings. The van der Waals surface area contributed by atoms with Gasteiger partial charge < -0.3 is 20.1 Å². The molecule has 0 amide bonds. The van der Waals surface area contributed by atoms with Gasteiger partial charge in [0.1, 0.15) is 23.7 Å². The lowest BCUT2D eigenvalue weighted by molar-refractivity contribution is -0.141. The molecule has 0 bridgehead atoms. The van der Waals surface area contributed by atoms with Gasteiger partial charge in [-0.1, -0.05) is 6.07 Å². The summed E-state index contributed by atoms with van der Waals surface area (Å²) in [6.07, 6.45) is 3.05. The van der Waals surface area contributed by atoms with Crippen LogP contribution in [0.3, 0.4) is 0 Å². The Hall–Kier alpha value is -2.83. The van der Waals surface area contributed by atoms with Gasteiger partial charge in [-0.15, -0.1) is 0 Å². The van der Waals surface area contributed by atoms with Gasteiger partial charge in [-0.2, -0.15) is 0 Å². The molecule has 0 saturated carbocycles. The number of piperidine rings is 1. The number of rotatable bonds is 5. The number of methoxy groups -OCH3 is 1. The molecule has 0 spiro atoms. The van der Waals surface area contributed by atoms with Gasteiger partial charge in [0, 0.05) is 30.9 Å². The van der Waals surface area contributed by atoms with Crippen molar-refractivity contribution in [3.8, 4) is 5.75 Å². The quantitative estimate of drug-likeness (QED) is 0.872. The maximum Gasteiger partial charge on any atom is 0.308 e. The number of hydrogen-bond acceptors (Lipinski definition) is 6. The Balaban J connectivity index is 1.75. The van der Waals surface area contributed by atoms with Crippen LogP contribution in [0.5, 0.6) is 5.75 Å². The van der Waals surface area contributed by atoms with Crippen LogP contribution in [0, 0.1) is 5.92 Å². The highest BCUT2D eigenvalue weighted by atomic mass is 16.5. The molecule has 0 aliphatic carbocycles. The van der Waals surface area contributed by atoms with Gasteiger partial charge in [-0.3, -0.25) is 4.79 Å². The molecule has 1 aliphatic rings. The first kappa shape index (κ1) is 16.0. The largest absolute Gasteiger partial charge is 0.497 e. The molecule has 0 radical (unpaired) electrons. The van der Waals surface area contributed by atoms with Gasteiger partial charge in [0.15, 0.2) is 0 Å². The van der Waals surface area contributed by atoms with Crippen molar-refractivity contribution < 1.29 is 14.6 Å². The summed E-state index contributed by atoms with van der Waals surface area (Å²) in [7, 11) is 1.62. The molecule has 2 N–H and O–H groups in total. The van der Waals surface area contributed by atoms with Crippen molar-refractivity contribution in [3.05, 3.63) is 36.7 Å². The first-order chi connectivity index (χ1) is 11.7. The second-order valence-electron chi connectivity index (χ2n) is 5.74. The van der Waals surface area contributed by atoms with Gasteiger partial charge in [0.05, 0.1) is 13.0 Å². The predicted octanol–water partition coefficient (Wildman–Crippen LogP) is 2.53. The average molecular weight is 328 g/mol. The summed E-state index contributed by atoms with van der Waals surface area (Å²) in [5.74, 6) is 1.06. The van der Waals surface area contributed by atoms with Gasteiger partial charge >= 0.3 is 5.97 Å². The monoisotopic (exact) mass is 328 g/mol. The third-order valence-electron chi connectivity index (χ3n) is 4.09. The van der Waals surface area contributed by atoms with Crippen LogP contribution >= 0.6 is 0 Å². The Morgan fingerprint density at radius 3 is 3.04 bits per heavy atom. The SMILES string of the molecule is COc1cccc(Nc2cc(N3CCC[C@H](C(=O)O)C3)ncn2)c1.